The topological polar surface area (TPSA) is 3.24 Å². The Balaban J connectivity index is 2.20. The first-order chi connectivity index (χ1) is 20.4. The van der Waals surface area contributed by atoms with Gasteiger partial charge in [-0.25, -0.2) is 61.5 Å². The second-order valence-corrected chi connectivity index (χ2v) is 9.38. The SMILES string of the molecule is CCCCCCN(c1c(F)c(F)c2c(c1F)C(F)(F)C(F)=C2F)c1c(F)c(F)c(F)c(F)c1-c1c(F)c(F)c(F)c(F)c1F. The summed E-state index contributed by atoms with van der Waals surface area (Å²) in [5.74, 6) is -45.5. The molecule has 0 spiro atoms. The molecule has 0 saturated carbocycles. The summed E-state index contributed by atoms with van der Waals surface area (Å²) < 4.78 is 234. The molecule has 3 aromatic rings. The van der Waals surface area contributed by atoms with Crippen LogP contribution in [-0.2, 0) is 5.92 Å². The zero-order valence-corrected chi connectivity index (χ0v) is 21.5. The Bertz CT molecular complexity index is 1700. The number of anilines is 2. The van der Waals surface area contributed by atoms with Crippen molar-refractivity contribution in [2.75, 3.05) is 11.4 Å². The summed E-state index contributed by atoms with van der Waals surface area (Å²) in [4.78, 5) is -0.470. The summed E-state index contributed by atoms with van der Waals surface area (Å²) in [6.07, 6.45) is 0.0984. The van der Waals surface area contributed by atoms with Crippen molar-refractivity contribution in [3.8, 4) is 11.1 Å². The average Bonchev–Trinajstić information content (AvgIpc) is 3.16. The summed E-state index contributed by atoms with van der Waals surface area (Å²) in [6, 6.07) is 0. The number of hydrogen-bond acceptors (Lipinski definition) is 1. The average molecular weight is 655 g/mol. The fraction of sp³-hybridized carbons (Fsp3) is 0.259. The molecule has 238 valence electrons. The molecule has 0 aromatic heterocycles. The van der Waals surface area contributed by atoms with Crippen molar-refractivity contribution >= 4 is 17.2 Å². The maximum absolute atomic E-state index is 15.7. The maximum atomic E-state index is 15.7. The fourth-order valence-electron chi connectivity index (χ4n) is 4.70. The van der Waals surface area contributed by atoms with Gasteiger partial charge in [-0.1, -0.05) is 26.2 Å². The summed E-state index contributed by atoms with van der Waals surface area (Å²) in [6.45, 7) is 0.358. The number of alkyl halides is 2. The van der Waals surface area contributed by atoms with Gasteiger partial charge in [0.05, 0.1) is 27.9 Å². The van der Waals surface area contributed by atoms with E-state index in [1.165, 1.54) is 0 Å². The molecule has 0 N–H and O–H groups in total. The number of fused-ring (bicyclic) bond motifs is 1. The number of halogens is 16. The van der Waals surface area contributed by atoms with Crippen LogP contribution in [0.4, 0.5) is 81.6 Å². The monoisotopic (exact) mass is 655 g/mol. The van der Waals surface area contributed by atoms with E-state index in [1.807, 2.05) is 0 Å². The normalized spacial score (nSPS) is 14.1. The van der Waals surface area contributed by atoms with Gasteiger partial charge in [0.25, 0.3) is 0 Å². The summed E-state index contributed by atoms with van der Waals surface area (Å²) in [5.41, 5.74) is -14.2. The van der Waals surface area contributed by atoms with Gasteiger partial charge in [0.15, 0.2) is 69.8 Å². The van der Waals surface area contributed by atoms with Gasteiger partial charge in [0.2, 0.25) is 11.6 Å². The van der Waals surface area contributed by atoms with Gasteiger partial charge in [-0.05, 0) is 6.42 Å². The van der Waals surface area contributed by atoms with Crippen LogP contribution in [0.15, 0.2) is 5.83 Å². The van der Waals surface area contributed by atoms with Crippen molar-refractivity contribution in [3.05, 3.63) is 86.8 Å². The summed E-state index contributed by atoms with van der Waals surface area (Å²) in [5, 5.41) is 0. The lowest BCUT2D eigenvalue weighted by atomic mass is 9.97. The molecule has 0 aliphatic heterocycles. The molecule has 1 nitrogen and oxygen atoms in total. The number of unbranched alkanes of at least 4 members (excludes halogenated alkanes) is 3. The largest absolute Gasteiger partial charge is 0.334 e. The number of hydrogen-bond donors (Lipinski definition) is 0. The van der Waals surface area contributed by atoms with E-state index in [-0.39, 0.29) is 12.8 Å². The van der Waals surface area contributed by atoms with Crippen LogP contribution in [0.2, 0.25) is 0 Å². The second-order valence-electron chi connectivity index (χ2n) is 9.38. The van der Waals surface area contributed by atoms with Crippen molar-refractivity contribution in [1.82, 2.24) is 0 Å². The van der Waals surface area contributed by atoms with Crippen LogP contribution in [0, 0.1) is 69.8 Å². The molecule has 17 heteroatoms. The molecule has 0 fully saturated rings. The molecule has 0 amide bonds. The molecule has 0 unspecified atom stereocenters. The molecule has 1 aliphatic rings. The quantitative estimate of drug-likeness (QED) is 0.101. The third-order valence-electron chi connectivity index (χ3n) is 6.78. The lowest BCUT2D eigenvalue weighted by Gasteiger charge is -2.30. The molecule has 4 rings (SSSR count). The standard InChI is InChI=1S/C27H13F16N/c1-2-3-4-5-6-44(25-16(33)10-9(14(31)22(25)39)15(32)26(41)27(10,42)43)24-8(13(30)19(36)21(38)23(24)40)7-11(28)17(34)20(37)18(35)12(7)29/h2-6H2,1H3. The van der Waals surface area contributed by atoms with Crippen LogP contribution in [0.1, 0.15) is 43.7 Å². The van der Waals surface area contributed by atoms with E-state index in [2.05, 4.69) is 0 Å². The highest BCUT2D eigenvalue weighted by Gasteiger charge is 2.54. The number of nitrogens with zero attached hydrogens (tertiary/aromatic N) is 1. The molecule has 0 bridgehead atoms. The lowest BCUT2D eigenvalue weighted by molar-refractivity contribution is 0.0144. The third kappa shape index (κ3) is 4.65. The molecular formula is C27H13F16N. The van der Waals surface area contributed by atoms with E-state index in [0.717, 1.165) is 0 Å². The van der Waals surface area contributed by atoms with Crippen molar-refractivity contribution in [1.29, 1.82) is 0 Å². The van der Waals surface area contributed by atoms with Gasteiger partial charge in [0.1, 0.15) is 5.69 Å². The van der Waals surface area contributed by atoms with Gasteiger partial charge in [0, 0.05) is 6.54 Å². The van der Waals surface area contributed by atoms with Gasteiger partial charge < -0.3 is 4.90 Å². The first-order valence-corrected chi connectivity index (χ1v) is 12.2. The van der Waals surface area contributed by atoms with Gasteiger partial charge in [-0.15, -0.1) is 0 Å². The Morgan fingerprint density at radius 3 is 1.41 bits per heavy atom. The van der Waals surface area contributed by atoms with Crippen LogP contribution < -0.4 is 4.90 Å². The number of allylic oxidation sites excluding steroid dienone is 1. The van der Waals surface area contributed by atoms with Crippen LogP contribution >= 0.6 is 0 Å². The van der Waals surface area contributed by atoms with Crippen molar-refractivity contribution < 1.29 is 70.2 Å². The first-order valence-electron chi connectivity index (χ1n) is 12.2. The molecule has 0 atom stereocenters. The Labute approximate surface area is 236 Å². The molecule has 1 aliphatic carbocycles. The van der Waals surface area contributed by atoms with E-state index in [4.69, 9.17) is 0 Å². The van der Waals surface area contributed by atoms with Gasteiger partial charge >= 0.3 is 5.92 Å². The lowest BCUT2D eigenvalue weighted by Crippen LogP contribution is -2.27. The van der Waals surface area contributed by atoms with Crippen molar-refractivity contribution in [3.63, 3.8) is 0 Å². The molecule has 0 heterocycles. The predicted molar refractivity (Wildman–Crippen MR) is 122 cm³/mol. The molecular weight excluding hydrogens is 642 g/mol. The van der Waals surface area contributed by atoms with Crippen LogP contribution in [0.25, 0.3) is 17.0 Å². The van der Waals surface area contributed by atoms with Crippen LogP contribution in [-0.4, -0.2) is 6.54 Å². The van der Waals surface area contributed by atoms with E-state index < -0.39 is 139 Å². The molecule has 44 heavy (non-hydrogen) atoms. The van der Waals surface area contributed by atoms with Gasteiger partial charge in [-0.3, -0.25) is 0 Å². The zero-order chi connectivity index (χ0) is 33.2. The van der Waals surface area contributed by atoms with E-state index in [0.29, 0.717) is 6.42 Å². The first kappa shape index (κ1) is 33.0. The van der Waals surface area contributed by atoms with E-state index >= 15 is 17.6 Å². The van der Waals surface area contributed by atoms with Crippen molar-refractivity contribution in [2.45, 2.75) is 38.5 Å². The summed E-state index contributed by atoms with van der Waals surface area (Å²) in [7, 11) is 0. The smallest absolute Gasteiger partial charge is 0.330 e. The van der Waals surface area contributed by atoms with E-state index in [1.54, 1.807) is 6.92 Å². The maximum Gasteiger partial charge on any atom is 0.330 e. The third-order valence-corrected chi connectivity index (χ3v) is 6.78. The van der Waals surface area contributed by atoms with Crippen molar-refractivity contribution in [2.24, 2.45) is 0 Å². The Morgan fingerprint density at radius 1 is 0.455 bits per heavy atom. The highest BCUT2D eigenvalue weighted by Crippen LogP contribution is 2.55. The molecule has 0 saturated heterocycles. The number of benzene rings is 3. The highest BCUT2D eigenvalue weighted by atomic mass is 19.3. The minimum absolute atomic E-state index is 0.0454. The minimum Gasteiger partial charge on any atom is -0.334 e. The summed E-state index contributed by atoms with van der Waals surface area (Å²) >= 11 is 0. The van der Waals surface area contributed by atoms with Crippen LogP contribution in [0.3, 0.4) is 0 Å². The highest BCUT2D eigenvalue weighted by molar-refractivity contribution is 5.86. The Morgan fingerprint density at radius 2 is 0.886 bits per heavy atom. The molecule has 0 radical (unpaired) electrons. The van der Waals surface area contributed by atoms with E-state index in [9.17, 15) is 52.7 Å². The fourth-order valence-corrected chi connectivity index (χ4v) is 4.70. The van der Waals surface area contributed by atoms with Crippen LogP contribution in [0.5, 0.6) is 0 Å². The Hall–Kier alpha value is -3.92. The predicted octanol–water partition coefficient (Wildman–Crippen LogP) is 10.5. The van der Waals surface area contributed by atoms with Gasteiger partial charge in [-0.2, -0.15) is 8.78 Å². The minimum atomic E-state index is -5.36. The molecule has 3 aromatic carbocycles. The second kappa shape index (κ2) is 11.5. The Kier molecular flexibility index (Phi) is 8.65. The zero-order valence-electron chi connectivity index (χ0n) is 21.5. The number of rotatable bonds is 8.